The van der Waals surface area contributed by atoms with Gasteiger partial charge in [0.25, 0.3) is 0 Å². The Hall–Kier alpha value is -1.59. The number of carbonyl (C=O) groups excluding carboxylic acids is 1. The largest absolute Gasteiger partial charge is 0.377 e. The molecule has 0 aromatic heterocycles. The van der Waals surface area contributed by atoms with Gasteiger partial charge in [-0.2, -0.15) is 0 Å². The zero-order chi connectivity index (χ0) is 15.9. The smallest absolute Gasteiger partial charge is 0.238 e. The summed E-state index contributed by atoms with van der Waals surface area (Å²) in [7, 11) is 0. The number of hydrogen-bond donors (Lipinski definition) is 2. The lowest BCUT2D eigenvalue weighted by atomic mass is 10.1. The first kappa shape index (κ1) is 16.3. The van der Waals surface area contributed by atoms with Crippen LogP contribution in [0.25, 0.3) is 0 Å². The number of amides is 1. The van der Waals surface area contributed by atoms with Crippen LogP contribution in [0.1, 0.15) is 32.1 Å². The zero-order valence-electron chi connectivity index (χ0n) is 13.7. The SMILES string of the molecule is O=C(CNCC1CCCO1)Nc1ccc(N2CCCCC2)cc1. The molecule has 0 radical (unpaired) electrons. The van der Waals surface area contributed by atoms with E-state index in [1.54, 1.807) is 0 Å². The van der Waals surface area contributed by atoms with Crippen molar-refractivity contribution in [2.45, 2.75) is 38.2 Å². The lowest BCUT2D eigenvalue weighted by Gasteiger charge is -2.28. The van der Waals surface area contributed by atoms with Crippen LogP contribution in [-0.4, -0.2) is 44.8 Å². The molecule has 1 atom stereocenters. The van der Waals surface area contributed by atoms with E-state index in [2.05, 4.69) is 27.7 Å². The number of ether oxygens (including phenoxy) is 1. The van der Waals surface area contributed by atoms with Crippen molar-refractivity contribution in [2.24, 2.45) is 0 Å². The fraction of sp³-hybridized carbons (Fsp3) is 0.611. The molecular formula is C18H27N3O2. The third-order valence-electron chi connectivity index (χ3n) is 4.55. The van der Waals surface area contributed by atoms with Gasteiger partial charge in [-0.3, -0.25) is 4.79 Å². The van der Waals surface area contributed by atoms with Crippen LogP contribution >= 0.6 is 0 Å². The summed E-state index contributed by atoms with van der Waals surface area (Å²) in [6.45, 7) is 4.20. The highest BCUT2D eigenvalue weighted by Gasteiger charge is 2.15. The third-order valence-corrected chi connectivity index (χ3v) is 4.55. The Morgan fingerprint density at radius 2 is 1.91 bits per heavy atom. The van der Waals surface area contributed by atoms with E-state index in [1.807, 2.05) is 12.1 Å². The molecule has 126 valence electrons. The maximum atomic E-state index is 11.9. The van der Waals surface area contributed by atoms with Gasteiger partial charge in [-0.1, -0.05) is 0 Å². The Morgan fingerprint density at radius 1 is 1.13 bits per heavy atom. The van der Waals surface area contributed by atoms with Crippen LogP contribution < -0.4 is 15.5 Å². The minimum Gasteiger partial charge on any atom is -0.377 e. The molecule has 2 N–H and O–H groups in total. The Balaban J connectivity index is 1.41. The number of benzene rings is 1. The number of hydrogen-bond acceptors (Lipinski definition) is 4. The molecule has 2 saturated heterocycles. The lowest BCUT2D eigenvalue weighted by molar-refractivity contribution is -0.115. The Bertz CT molecular complexity index is 491. The number of nitrogens with zero attached hydrogens (tertiary/aromatic N) is 1. The van der Waals surface area contributed by atoms with E-state index in [4.69, 9.17) is 4.74 Å². The molecule has 5 nitrogen and oxygen atoms in total. The van der Waals surface area contributed by atoms with Crippen LogP contribution in [0.5, 0.6) is 0 Å². The molecule has 2 aliphatic heterocycles. The molecule has 2 fully saturated rings. The Kier molecular flexibility index (Phi) is 5.88. The maximum Gasteiger partial charge on any atom is 0.238 e. The van der Waals surface area contributed by atoms with Crippen LogP contribution in [-0.2, 0) is 9.53 Å². The van der Waals surface area contributed by atoms with Gasteiger partial charge in [0, 0.05) is 37.6 Å². The van der Waals surface area contributed by atoms with E-state index >= 15 is 0 Å². The number of anilines is 2. The molecule has 2 heterocycles. The Morgan fingerprint density at radius 3 is 2.61 bits per heavy atom. The van der Waals surface area contributed by atoms with Crippen molar-refractivity contribution in [3.8, 4) is 0 Å². The third kappa shape index (κ3) is 4.94. The summed E-state index contributed by atoms with van der Waals surface area (Å²) in [5.41, 5.74) is 2.11. The number of carbonyl (C=O) groups is 1. The van der Waals surface area contributed by atoms with Crippen molar-refractivity contribution in [3.05, 3.63) is 24.3 Å². The molecule has 0 bridgehead atoms. The predicted octanol–water partition coefficient (Wildman–Crippen LogP) is 2.38. The van der Waals surface area contributed by atoms with E-state index < -0.39 is 0 Å². The van der Waals surface area contributed by atoms with Gasteiger partial charge in [-0.25, -0.2) is 0 Å². The summed E-state index contributed by atoms with van der Waals surface area (Å²) in [4.78, 5) is 14.4. The first-order chi connectivity index (χ1) is 11.3. The van der Waals surface area contributed by atoms with Crippen molar-refractivity contribution in [2.75, 3.05) is 43.0 Å². The van der Waals surface area contributed by atoms with Gasteiger partial charge in [-0.15, -0.1) is 0 Å². The molecule has 0 spiro atoms. The van der Waals surface area contributed by atoms with Crippen molar-refractivity contribution >= 4 is 17.3 Å². The zero-order valence-corrected chi connectivity index (χ0v) is 13.7. The van der Waals surface area contributed by atoms with Gasteiger partial charge in [0.1, 0.15) is 0 Å². The normalized spacial score (nSPS) is 21.4. The quantitative estimate of drug-likeness (QED) is 0.846. The first-order valence-electron chi connectivity index (χ1n) is 8.78. The minimum absolute atomic E-state index is 0.00582. The molecule has 23 heavy (non-hydrogen) atoms. The molecule has 0 saturated carbocycles. The van der Waals surface area contributed by atoms with Crippen LogP contribution in [0, 0.1) is 0 Å². The standard InChI is InChI=1S/C18H27N3O2/c22-18(14-19-13-17-5-4-12-23-17)20-15-6-8-16(9-7-15)21-10-2-1-3-11-21/h6-9,17,19H,1-5,10-14H2,(H,20,22). The maximum absolute atomic E-state index is 11.9. The fourth-order valence-electron chi connectivity index (χ4n) is 3.26. The van der Waals surface area contributed by atoms with Crippen LogP contribution in [0.3, 0.4) is 0 Å². The molecule has 1 aromatic carbocycles. The number of nitrogens with one attached hydrogen (secondary N) is 2. The van der Waals surface area contributed by atoms with Gasteiger partial charge in [0.05, 0.1) is 12.6 Å². The number of rotatable bonds is 6. The van der Waals surface area contributed by atoms with Crippen LogP contribution in [0.15, 0.2) is 24.3 Å². The highest BCUT2D eigenvalue weighted by Crippen LogP contribution is 2.21. The lowest BCUT2D eigenvalue weighted by Crippen LogP contribution is -2.33. The molecular weight excluding hydrogens is 290 g/mol. The van der Waals surface area contributed by atoms with Gasteiger partial charge in [0.2, 0.25) is 5.91 Å². The van der Waals surface area contributed by atoms with Gasteiger partial charge < -0.3 is 20.3 Å². The van der Waals surface area contributed by atoms with Gasteiger partial charge in [0.15, 0.2) is 0 Å². The summed E-state index contributed by atoms with van der Waals surface area (Å²) in [6.07, 6.45) is 6.37. The monoisotopic (exact) mass is 317 g/mol. The molecule has 3 rings (SSSR count). The summed E-state index contributed by atoms with van der Waals surface area (Å²) < 4.78 is 5.52. The fourth-order valence-corrected chi connectivity index (χ4v) is 3.26. The molecule has 1 unspecified atom stereocenters. The van der Waals surface area contributed by atoms with E-state index in [1.165, 1.54) is 24.9 Å². The average Bonchev–Trinajstić information content (AvgIpc) is 3.10. The first-order valence-corrected chi connectivity index (χ1v) is 8.78. The van der Waals surface area contributed by atoms with E-state index in [0.717, 1.165) is 44.8 Å². The van der Waals surface area contributed by atoms with Crippen molar-refractivity contribution in [3.63, 3.8) is 0 Å². The summed E-state index contributed by atoms with van der Waals surface area (Å²) in [5, 5.41) is 6.10. The molecule has 1 aromatic rings. The molecule has 1 amide bonds. The highest BCUT2D eigenvalue weighted by molar-refractivity contribution is 5.92. The van der Waals surface area contributed by atoms with Crippen molar-refractivity contribution in [1.29, 1.82) is 0 Å². The molecule has 0 aliphatic carbocycles. The summed E-state index contributed by atoms with van der Waals surface area (Å²) in [5.74, 6) is -0.00582. The summed E-state index contributed by atoms with van der Waals surface area (Å²) in [6, 6.07) is 8.17. The van der Waals surface area contributed by atoms with E-state index in [9.17, 15) is 4.79 Å². The van der Waals surface area contributed by atoms with Crippen molar-refractivity contribution in [1.82, 2.24) is 5.32 Å². The number of piperidine rings is 1. The van der Waals surface area contributed by atoms with Gasteiger partial charge >= 0.3 is 0 Å². The summed E-state index contributed by atoms with van der Waals surface area (Å²) >= 11 is 0. The van der Waals surface area contributed by atoms with E-state index in [-0.39, 0.29) is 12.0 Å². The highest BCUT2D eigenvalue weighted by atomic mass is 16.5. The molecule has 5 heteroatoms. The molecule has 2 aliphatic rings. The van der Waals surface area contributed by atoms with Crippen LogP contribution in [0.4, 0.5) is 11.4 Å². The topological polar surface area (TPSA) is 53.6 Å². The Labute approximate surface area is 138 Å². The van der Waals surface area contributed by atoms with Crippen LogP contribution in [0.2, 0.25) is 0 Å². The second-order valence-corrected chi connectivity index (χ2v) is 6.41. The predicted molar refractivity (Wildman–Crippen MR) is 93.0 cm³/mol. The minimum atomic E-state index is -0.00582. The van der Waals surface area contributed by atoms with Crippen molar-refractivity contribution < 1.29 is 9.53 Å². The second-order valence-electron chi connectivity index (χ2n) is 6.41. The van der Waals surface area contributed by atoms with Gasteiger partial charge in [-0.05, 0) is 56.4 Å². The average molecular weight is 317 g/mol. The second kappa shape index (κ2) is 8.31. The van der Waals surface area contributed by atoms with E-state index in [0.29, 0.717) is 6.54 Å².